The summed E-state index contributed by atoms with van der Waals surface area (Å²) in [5, 5.41) is 7.10. The maximum absolute atomic E-state index is 11.0. The monoisotopic (exact) mass is 171 g/mol. The molecule has 1 heterocycles. The topological polar surface area (TPSA) is 76.5 Å². The normalized spacial score (nSPS) is 22.2. The Bertz CT molecular complexity index is 220. The summed E-state index contributed by atoms with van der Waals surface area (Å²) in [5.41, 5.74) is 0. The quantitative estimate of drug-likeness (QED) is 0.458. The van der Waals surface area contributed by atoms with E-state index in [1.165, 1.54) is 0 Å². The first-order chi connectivity index (χ1) is 5.66. The van der Waals surface area contributed by atoms with Crippen LogP contribution in [0.1, 0.15) is 6.92 Å². The smallest absolute Gasteiger partial charge is 0.326 e. The number of carbonyl (C=O) groups excluding carboxylic acids is 2. The summed E-state index contributed by atoms with van der Waals surface area (Å²) < 4.78 is 9.16. The Morgan fingerprint density at radius 2 is 2.50 bits per heavy atom. The van der Waals surface area contributed by atoms with Crippen molar-refractivity contribution in [3.8, 4) is 0 Å². The van der Waals surface area contributed by atoms with Gasteiger partial charge in [0.1, 0.15) is 6.61 Å². The summed E-state index contributed by atoms with van der Waals surface area (Å²) in [6.45, 7) is 1.65. The minimum atomic E-state index is -1.12. The molecule has 1 saturated heterocycles. The van der Waals surface area contributed by atoms with E-state index < -0.39 is 17.7 Å². The molecule has 12 heavy (non-hydrogen) atoms. The predicted molar refractivity (Wildman–Crippen MR) is 38.8 cm³/mol. The van der Waals surface area contributed by atoms with Crippen LogP contribution in [0.3, 0.4) is 0 Å². The van der Waals surface area contributed by atoms with E-state index in [-0.39, 0.29) is 19.1 Å². The molecule has 5 heteroatoms. The molecule has 0 aromatic heterocycles. The van der Waals surface area contributed by atoms with E-state index in [1.54, 1.807) is 6.92 Å². The zero-order chi connectivity index (χ0) is 9.14. The fourth-order valence-corrected chi connectivity index (χ4v) is 0.926. The highest BCUT2D eigenvalue weighted by Gasteiger charge is 2.39. The van der Waals surface area contributed by atoms with Gasteiger partial charge in [0.2, 0.25) is 5.90 Å². The molecule has 1 fully saturated rings. The van der Waals surface area contributed by atoms with Crippen LogP contribution in [0.15, 0.2) is 0 Å². The fourth-order valence-electron chi connectivity index (χ4n) is 0.926. The molecule has 66 valence electrons. The first-order valence-electron chi connectivity index (χ1n) is 3.57. The van der Waals surface area contributed by atoms with Gasteiger partial charge in [0.05, 0.1) is 6.61 Å². The predicted octanol–water partition coefficient (Wildman–Crippen LogP) is -0.258. The van der Waals surface area contributed by atoms with Gasteiger partial charge in [-0.25, -0.2) is 0 Å². The molecule has 5 nitrogen and oxygen atoms in total. The largest absolute Gasteiger partial charge is 0.472 e. The van der Waals surface area contributed by atoms with Crippen molar-refractivity contribution in [3.05, 3.63) is 0 Å². The van der Waals surface area contributed by atoms with Crippen LogP contribution in [-0.2, 0) is 19.1 Å². The zero-order valence-electron chi connectivity index (χ0n) is 6.62. The molecule has 0 aromatic carbocycles. The molecule has 1 atom stereocenters. The molecule has 0 radical (unpaired) electrons. The number of nitrogens with one attached hydrogen (secondary N) is 1. The second-order valence-electron chi connectivity index (χ2n) is 2.30. The van der Waals surface area contributed by atoms with Crippen LogP contribution in [0.25, 0.3) is 0 Å². The molecule has 1 aliphatic rings. The van der Waals surface area contributed by atoms with Crippen LogP contribution < -0.4 is 0 Å². The van der Waals surface area contributed by atoms with E-state index in [0.29, 0.717) is 0 Å². The Hall–Kier alpha value is -1.39. The molecule has 1 rings (SSSR count). The number of Topliss-reactive ketones (excluding diaryl/α,β-unsaturated/α-hetero) is 1. The van der Waals surface area contributed by atoms with Crippen LogP contribution in [-0.4, -0.2) is 30.9 Å². The number of carbonyl (C=O) groups is 2. The van der Waals surface area contributed by atoms with Crippen LogP contribution in [0.4, 0.5) is 0 Å². The third-order valence-corrected chi connectivity index (χ3v) is 1.48. The van der Waals surface area contributed by atoms with E-state index in [0.717, 1.165) is 0 Å². The van der Waals surface area contributed by atoms with Gasteiger partial charge in [-0.1, -0.05) is 0 Å². The Balaban J connectivity index is 2.66. The molecule has 0 aliphatic carbocycles. The Kier molecular flexibility index (Phi) is 2.42. The summed E-state index contributed by atoms with van der Waals surface area (Å²) in [4.78, 5) is 21.9. The molecule has 0 saturated carbocycles. The number of hydrogen-bond donors (Lipinski definition) is 1. The lowest BCUT2D eigenvalue weighted by molar-refractivity contribution is -0.147. The number of rotatable bonds is 2. The van der Waals surface area contributed by atoms with Crippen molar-refractivity contribution in [1.29, 1.82) is 5.41 Å². The highest BCUT2D eigenvalue weighted by atomic mass is 16.5. The molecule has 0 spiro atoms. The molecule has 0 aromatic rings. The summed E-state index contributed by atoms with van der Waals surface area (Å²) in [7, 11) is 0. The number of esters is 1. The van der Waals surface area contributed by atoms with Gasteiger partial charge >= 0.3 is 5.97 Å². The second-order valence-corrected chi connectivity index (χ2v) is 2.30. The van der Waals surface area contributed by atoms with Crippen molar-refractivity contribution in [3.63, 3.8) is 0 Å². The first-order valence-corrected chi connectivity index (χ1v) is 3.57. The van der Waals surface area contributed by atoms with Gasteiger partial charge in [-0.3, -0.25) is 15.0 Å². The minimum absolute atomic E-state index is 0.192. The van der Waals surface area contributed by atoms with Crippen LogP contribution >= 0.6 is 0 Å². The van der Waals surface area contributed by atoms with Gasteiger partial charge < -0.3 is 9.47 Å². The molecular formula is C7H9NO4. The maximum Gasteiger partial charge on any atom is 0.326 e. The standard InChI is InChI=1S/C7H9NO4/c1-2-11-7(10)5-4(9)3-12-6(5)8/h5,8H,2-3H2,1H3. The van der Waals surface area contributed by atoms with E-state index in [1.807, 2.05) is 0 Å². The van der Waals surface area contributed by atoms with Crippen molar-refractivity contribution in [1.82, 2.24) is 0 Å². The first kappa shape index (κ1) is 8.70. The van der Waals surface area contributed by atoms with Crippen molar-refractivity contribution in [2.45, 2.75) is 6.92 Å². The van der Waals surface area contributed by atoms with E-state index in [9.17, 15) is 9.59 Å². The van der Waals surface area contributed by atoms with Crippen molar-refractivity contribution >= 4 is 17.7 Å². The van der Waals surface area contributed by atoms with Gasteiger partial charge in [0.25, 0.3) is 0 Å². The molecule has 1 unspecified atom stereocenters. The van der Waals surface area contributed by atoms with E-state index in [4.69, 9.17) is 5.41 Å². The highest BCUT2D eigenvalue weighted by molar-refractivity contribution is 6.19. The SMILES string of the molecule is CCOC(=O)C1C(=N)OCC1=O. The Labute approximate surface area is 69.2 Å². The molecule has 1 aliphatic heterocycles. The van der Waals surface area contributed by atoms with Crippen LogP contribution in [0.2, 0.25) is 0 Å². The average molecular weight is 171 g/mol. The Morgan fingerprint density at radius 1 is 1.83 bits per heavy atom. The van der Waals surface area contributed by atoms with Crippen molar-refractivity contribution < 1.29 is 19.1 Å². The number of ketones is 1. The Morgan fingerprint density at radius 3 is 2.92 bits per heavy atom. The number of hydrogen-bond acceptors (Lipinski definition) is 5. The lowest BCUT2D eigenvalue weighted by Crippen LogP contribution is -2.27. The van der Waals surface area contributed by atoms with E-state index in [2.05, 4.69) is 9.47 Å². The van der Waals surface area contributed by atoms with Gasteiger partial charge in [0, 0.05) is 0 Å². The van der Waals surface area contributed by atoms with Crippen molar-refractivity contribution in [2.75, 3.05) is 13.2 Å². The average Bonchev–Trinajstić information content (AvgIpc) is 2.32. The second kappa shape index (κ2) is 3.34. The third-order valence-electron chi connectivity index (χ3n) is 1.48. The van der Waals surface area contributed by atoms with Gasteiger partial charge in [-0.15, -0.1) is 0 Å². The van der Waals surface area contributed by atoms with Gasteiger partial charge in [-0.2, -0.15) is 0 Å². The molecule has 0 amide bonds. The van der Waals surface area contributed by atoms with Crippen LogP contribution in [0.5, 0.6) is 0 Å². The zero-order valence-corrected chi connectivity index (χ0v) is 6.62. The lowest BCUT2D eigenvalue weighted by Gasteiger charge is -2.04. The maximum atomic E-state index is 11.0. The fraction of sp³-hybridized carbons (Fsp3) is 0.571. The molecule has 0 bridgehead atoms. The summed E-state index contributed by atoms with van der Waals surface area (Å²) >= 11 is 0. The minimum Gasteiger partial charge on any atom is -0.472 e. The summed E-state index contributed by atoms with van der Waals surface area (Å²) in [6, 6.07) is 0. The molecular weight excluding hydrogens is 162 g/mol. The van der Waals surface area contributed by atoms with Gasteiger partial charge in [0.15, 0.2) is 11.7 Å². The van der Waals surface area contributed by atoms with Crippen LogP contribution in [0, 0.1) is 11.3 Å². The summed E-state index contributed by atoms with van der Waals surface area (Å²) in [6.07, 6.45) is 0. The van der Waals surface area contributed by atoms with E-state index >= 15 is 0 Å². The van der Waals surface area contributed by atoms with Gasteiger partial charge in [-0.05, 0) is 6.92 Å². The van der Waals surface area contributed by atoms with Crippen molar-refractivity contribution in [2.24, 2.45) is 5.92 Å². The third kappa shape index (κ3) is 1.44. The molecule has 1 N–H and O–H groups in total. The summed E-state index contributed by atoms with van der Waals surface area (Å²) in [5.74, 6) is -2.52. The number of ether oxygens (including phenoxy) is 2. The lowest BCUT2D eigenvalue weighted by atomic mass is 10.1. The highest BCUT2D eigenvalue weighted by Crippen LogP contribution is 2.12.